The van der Waals surface area contributed by atoms with Crippen LogP contribution < -0.4 is 4.31 Å². The third-order valence-corrected chi connectivity index (χ3v) is 5.89. The molecule has 0 saturated carbocycles. The zero-order valence-electron chi connectivity index (χ0n) is 12.9. The summed E-state index contributed by atoms with van der Waals surface area (Å²) in [7, 11) is -3.80. The highest BCUT2D eigenvalue weighted by atomic mass is 79.9. The van der Waals surface area contributed by atoms with Gasteiger partial charge in [0, 0.05) is 10.7 Å². The Hall–Kier alpha value is -2.12. The minimum Gasteiger partial charge on any atom is -0.467 e. The van der Waals surface area contributed by atoms with Crippen LogP contribution in [0.25, 0.3) is 0 Å². The van der Waals surface area contributed by atoms with E-state index < -0.39 is 10.0 Å². The average Bonchev–Trinajstić information content (AvgIpc) is 3.08. The molecule has 2 aromatic heterocycles. The number of nitrogens with zero attached hydrogens (tertiary/aromatic N) is 2. The third-order valence-electron chi connectivity index (χ3n) is 3.50. The minimum absolute atomic E-state index is 0.0678. The maximum atomic E-state index is 13.3. The van der Waals surface area contributed by atoms with Gasteiger partial charge >= 0.3 is 0 Å². The fourth-order valence-electron chi connectivity index (χ4n) is 2.31. The normalized spacial score (nSPS) is 11.4. The fourth-order valence-corrected chi connectivity index (χ4v) is 4.46. The van der Waals surface area contributed by atoms with Gasteiger partial charge in [-0.1, -0.05) is 28.1 Å². The molecule has 0 radical (unpaired) electrons. The molecule has 5 nitrogen and oxygen atoms in total. The van der Waals surface area contributed by atoms with Crippen LogP contribution in [-0.2, 0) is 16.6 Å². The lowest BCUT2D eigenvalue weighted by Crippen LogP contribution is -2.31. The van der Waals surface area contributed by atoms with Crippen molar-refractivity contribution in [1.82, 2.24) is 4.98 Å². The molecule has 3 rings (SSSR count). The number of anilines is 1. The molecule has 0 aliphatic carbocycles. The summed E-state index contributed by atoms with van der Waals surface area (Å²) in [5.41, 5.74) is 0.665. The van der Waals surface area contributed by atoms with Crippen molar-refractivity contribution in [2.45, 2.75) is 18.4 Å². The first-order valence-corrected chi connectivity index (χ1v) is 9.44. The Morgan fingerprint density at radius 2 is 2.00 bits per heavy atom. The molecule has 0 amide bonds. The molecule has 0 spiro atoms. The van der Waals surface area contributed by atoms with Gasteiger partial charge < -0.3 is 4.42 Å². The molecular weight excluding hydrogens is 392 g/mol. The highest BCUT2D eigenvalue weighted by Gasteiger charge is 2.28. The zero-order valence-corrected chi connectivity index (χ0v) is 15.3. The van der Waals surface area contributed by atoms with Gasteiger partial charge in [-0.15, -0.1) is 0 Å². The molecule has 3 aromatic rings. The average molecular weight is 407 g/mol. The number of pyridine rings is 1. The number of hydrogen-bond donors (Lipinski definition) is 0. The lowest BCUT2D eigenvalue weighted by molar-refractivity contribution is 0.508. The van der Waals surface area contributed by atoms with E-state index >= 15 is 0 Å². The number of halogens is 1. The van der Waals surface area contributed by atoms with Crippen molar-refractivity contribution in [1.29, 1.82) is 0 Å². The second-order valence-electron chi connectivity index (χ2n) is 5.19. The first kappa shape index (κ1) is 16.7. The molecule has 0 bridgehead atoms. The van der Waals surface area contributed by atoms with E-state index in [0.717, 1.165) is 0 Å². The molecule has 2 heterocycles. The van der Waals surface area contributed by atoms with Crippen molar-refractivity contribution in [2.24, 2.45) is 0 Å². The van der Waals surface area contributed by atoms with Crippen LogP contribution >= 0.6 is 15.9 Å². The number of rotatable bonds is 5. The minimum atomic E-state index is -3.80. The van der Waals surface area contributed by atoms with Gasteiger partial charge in [-0.05, 0) is 48.9 Å². The van der Waals surface area contributed by atoms with Crippen LogP contribution in [0.5, 0.6) is 0 Å². The number of aromatic nitrogens is 1. The Bertz CT molecular complexity index is 926. The quantitative estimate of drug-likeness (QED) is 0.638. The van der Waals surface area contributed by atoms with E-state index in [0.29, 0.717) is 21.6 Å². The SMILES string of the molecule is Cc1ccc(Br)cc1S(=O)(=O)N(Cc1ccco1)c1ccccn1. The Labute approximate surface area is 149 Å². The van der Waals surface area contributed by atoms with E-state index in [9.17, 15) is 8.42 Å². The molecular formula is C17H15BrN2O3S. The number of aryl methyl sites for hydroxylation is 1. The lowest BCUT2D eigenvalue weighted by atomic mass is 10.2. The van der Waals surface area contributed by atoms with Crippen molar-refractivity contribution >= 4 is 31.8 Å². The standard InChI is InChI=1S/C17H15BrN2O3S/c1-13-7-8-14(18)11-16(13)24(21,22)20(12-15-5-4-10-23-15)17-6-2-3-9-19-17/h2-11H,12H2,1H3. The molecule has 24 heavy (non-hydrogen) atoms. The van der Waals surface area contributed by atoms with Crippen LogP contribution in [0.4, 0.5) is 5.82 Å². The summed E-state index contributed by atoms with van der Waals surface area (Å²) >= 11 is 3.34. The maximum absolute atomic E-state index is 13.3. The lowest BCUT2D eigenvalue weighted by Gasteiger charge is -2.23. The molecule has 1 aromatic carbocycles. The molecule has 7 heteroatoms. The summed E-state index contributed by atoms with van der Waals surface area (Å²) in [4.78, 5) is 4.43. The molecule has 0 N–H and O–H groups in total. The largest absolute Gasteiger partial charge is 0.467 e. The van der Waals surface area contributed by atoms with Crippen LogP contribution in [0.15, 0.2) is 74.8 Å². The van der Waals surface area contributed by atoms with Gasteiger partial charge in [-0.3, -0.25) is 0 Å². The fraction of sp³-hybridized carbons (Fsp3) is 0.118. The second kappa shape index (κ2) is 6.78. The predicted molar refractivity (Wildman–Crippen MR) is 95.2 cm³/mol. The van der Waals surface area contributed by atoms with Gasteiger partial charge in [0.1, 0.15) is 11.6 Å². The Balaban J connectivity index is 2.12. The van der Waals surface area contributed by atoms with Crippen LogP contribution in [0.2, 0.25) is 0 Å². The van der Waals surface area contributed by atoms with Crippen molar-refractivity contribution in [3.8, 4) is 0 Å². The maximum Gasteiger partial charge on any atom is 0.266 e. The third kappa shape index (κ3) is 3.37. The highest BCUT2D eigenvalue weighted by molar-refractivity contribution is 9.10. The zero-order chi connectivity index (χ0) is 17.2. The van der Waals surface area contributed by atoms with E-state index in [4.69, 9.17) is 4.42 Å². The van der Waals surface area contributed by atoms with Gasteiger partial charge in [-0.25, -0.2) is 17.7 Å². The second-order valence-corrected chi connectivity index (χ2v) is 7.94. The molecule has 0 fully saturated rings. The molecule has 0 unspecified atom stereocenters. The Kier molecular flexibility index (Phi) is 4.73. The molecule has 0 saturated heterocycles. The van der Waals surface area contributed by atoms with Crippen LogP contribution in [-0.4, -0.2) is 13.4 Å². The highest BCUT2D eigenvalue weighted by Crippen LogP contribution is 2.28. The molecule has 0 aliphatic heterocycles. The smallest absolute Gasteiger partial charge is 0.266 e. The van der Waals surface area contributed by atoms with E-state index in [2.05, 4.69) is 20.9 Å². The number of hydrogen-bond acceptors (Lipinski definition) is 4. The summed E-state index contributed by atoms with van der Waals surface area (Å²) < 4.78 is 33.8. The van der Waals surface area contributed by atoms with E-state index in [1.165, 1.54) is 10.6 Å². The first-order valence-electron chi connectivity index (χ1n) is 7.21. The van der Waals surface area contributed by atoms with E-state index in [-0.39, 0.29) is 11.4 Å². The number of benzene rings is 1. The molecule has 124 valence electrons. The summed E-state index contributed by atoms with van der Waals surface area (Å²) in [6.45, 7) is 1.83. The summed E-state index contributed by atoms with van der Waals surface area (Å²) in [5.74, 6) is 0.880. The van der Waals surface area contributed by atoms with Gasteiger partial charge in [0.2, 0.25) is 0 Å². The first-order chi connectivity index (χ1) is 11.5. The summed E-state index contributed by atoms with van der Waals surface area (Å²) in [6, 6.07) is 13.8. The number of sulfonamides is 1. The van der Waals surface area contributed by atoms with E-state index in [1.807, 2.05) is 6.07 Å². The molecule has 0 aliphatic rings. The topological polar surface area (TPSA) is 63.4 Å². The summed E-state index contributed by atoms with van der Waals surface area (Å²) in [6.07, 6.45) is 3.08. The van der Waals surface area contributed by atoms with Gasteiger partial charge in [0.15, 0.2) is 0 Å². The van der Waals surface area contributed by atoms with Gasteiger partial charge in [0.05, 0.1) is 17.7 Å². The number of furan rings is 1. The predicted octanol–water partition coefficient (Wildman–Crippen LogP) is 4.14. The Morgan fingerprint density at radius 3 is 2.67 bits per heavy atom. The van der Waals surface area contributed by atoms with Crippen molar-refractivity contribution in [3.63, 3.8) is 0 Å². The van der Waals surface area contributed by atoms with E-state index in [1.54, 1.807) is 55.6 Å². The molecule has 0 atom stereocenters. The van der Waals surface area contributed by atoms with Gasteiger partial charge in [0.25, 0.3) is 10.0 Å². The van der Waals surface area contributed by atoms with Crippen molar-refractivity contribution in [3.05, 3.63) is 76.8 Å². The summed E-state index contributed by atoms with van der Waals surface area (Å²) in [5, 5.41) is 0. The van der Waals surface area contributed by atoms with Gasteiger partial charge in [-0.2, -0.15) is 0 Å². The van der Waals surface area contributed by atoms with Crippen molar-refractivity contribution < 1.29 is 12.8 Å². The van der Waals surface area contributed by atoms with Crippen molar-refractivity contribution in [2.75, 3.05) is 4.31 Å². The van der Waals surface area contributed by atoms with Crippen LogP contribution in [0, 0.1) is 6.92 Å². The Morgan fingerprint density at radius 1 is 1.17 bits per heavy atom. The van der Waals surface area contributed by atoms with Crippen LogP contribution in [0.1, 0.15) is 11.3 Å². The van der Waals surface area contributed by atoms with Crippen LogP contribution in [0.3, 0.4) is 0 Å². The monoisotopic (exact) mass is 406 g/mol.